The topological polar surface area (TPSA) is 9.23 Å². The maximum atomic E-state index is 5.91. The molecule has 3 atom stereocenters. The van der Waals surface area contributed by atoms with Gasteiger partial charge in [-0.3, -0.25) is 0 Å². The van der Waals surface area contributed by atoms with Crippen molar-refractivity contribution in [3.8, 4) is 0 Å². The zero-order valence-corrected chi connectivity index (χ0v) is 13.6. The van der Waals surface area contributed by atoms with E-state index in [9.17, 15) is 0 Å². The molecular formula is C19H30O. The number of benzene rings is 1. The third-order valence-corrected chi connectivity index (χ3v) is 4.70. The number of hydrogen-bond acceptors (Lipinski definition) is 1. The van der Waals surface area contributed by atoms with Crippen molar-refractivity contribution < 1.29 is 4.74 Å². The van der Waals surface area contributed by atoms with Crippen LogP contribution >= 0.6 is 0 Å². The Morgan fingerprint density at radius 3 is 2.80 bits per heavy atom. The first-order valence-electron chi connectivity index (χ1n) is 8.22. The van der Waals surface area contributed by atoms with Crippen LogP contribution in [0.5, 0.6) is 0 Å². The molecule has 3 unspecified atom stereocenters. The van der Waals surface area contributed by atoms with Crippen molar-refractivity contribution in [3.63, 3.8) is 0 Å². The summed E-state index contributed by atoms with van der Waals surface area (Å²) in [4.78, 5) is 0. The summed E-state index contributed by atoms with van der Waals surface area (Å²) in [6, 6.07) is 6.83. The van der Waals surface area contributed by atoms with Crippen molar-refractivity contribution in [2.45, 2.75) is 65.9 Å². The maximum absolute atomic E-state index is 5.91. The van der Waals surface area contributed by atoms with Crippen LogP contribution in [0.25, 0.3) is 0 Å². The highest BCUT2D eigenvalue weighted by Gasteiger charge is 2.21. The Bertz CT molecular complexity index is 424. The highest BCUT2D eigenvalue weighted by Crippen LogP contribution is 2.26. The van der Waals surface area contributed by atoms with Crippen molar-refractivity contribution in [2.24, 2.45) is 11.8 Å². The molecule has 112 valence electrons. The summed E-state index contributed by atoms with van der Waals surface area (Å²) in [6.07, 6.45) is 6.72. The molecule has 1 fully saturated rings. The van der Waals surface area contributed by atoms with Crippen molar-refractivity contribution in [2.75, 3.05) is 6.61 Å². The summed E-state index contributed by atoms with van der Waals surface area (Å²) in [5.41, 5.74) is 4.32. The molecule has 0 bridgehead atoms. The van der Waals surface area contributed by atoms with Crippen LogP contribution in [0.2, 0.25) is 0 Å². The van der Waals surface area contributed by atoms with Crippen LogP contribution in [-0.2, 0) is 11.2 Å². The molecule has 1 aliphatic rings. The van der Waals surface area contributed by atoms with Crippen LogP contribution in [0.1, 0.15) is 56.2 Å². The van der Waals surface area contributed by atoms with Crippen LogP contribution in [0, 0.1) is 25.7 Å². The molecule has 0 radical (unpaired) electrons. The highest BCUT2D eigenvalue weighted by molar-refractivity contribution is 5.30. The molecule has 1 nitrogen and oxygen atoms in total. The Morgan fingerprint density at radius 2 is 2.10 bits per heavy atom. The molecule has 2 rings (SSSR count). The van der Waals surface area contributed by atoms with Gasteiger partial charge in [-0.25, -0.2) is 0 Å². The van der Waals surface area contributed by atoms with Gasteiger partial charge in [0, 0.05) is 6.61 Å². The van der Waals surface area contributed by atoms with Gasteiger partial charge in [0.1, 0.15) is 0 Å². The van der Waals surface area contributed by atoms with Crippen LogP contribution < -0.4 is 0 Å². The molecule has 0 spiro atoms. The smallest absolute Gasteiger partial charge is 0.0580 e. The summed E-state index contributed by atoms with van der Waals surface area (Å²) in [5, 5.41) is 0. The normalized spacial score (nSPS) is 24.6. The predicted molar refractivity (Wildman–Crippen MR) is 86.2 cm³/mol. The van der Waals surface area contributed by atoms with Crippen LogP contribution in [0.15, 0.2) is 18.2 Å². The van der Waals surface area contributed by atoms with Gasteiger partial charge in [0.25, 0.3) is 0 Å². The Hall–Kier alpha value is -0.820. The van der Waals surface area contributed by atoms with Crippen molar-refractivity contribution >= 4 is 0 Å². The van der Waals surface area contributed by atoms with E-state index in [1.165, 1.54) is 48.8 Å². The Kier molecular flexibility index (Phi) is 5.65. The first kappa shape index (κ1) is 15.6. The first-order valence-corrected chi connectivity index (χ1v) is 8.22. The average molecular weight is 274 g/mol. The van der Waals surface area contributed by atoms with Crippen molar-refractivity contribution in [1.82, 2.24) is 0 Å². The van der Waals surface area contributed by atoms with Gasteiger partial charge in [-0.1, -0.05) is 37.6 Å². The molecule has 0 N–H and O–H groups in total. The van der Waals surface area contributed by atoms with E-state index < -0.39 is 0 Å². The van der Waals surface area contributed by atoms with Gasteiger partial charge in [0.2, 0.25) is 0 Å². The minimum atomic E-state index is 0.507. The molecule has 0 amide bonds. The summed E-state index contributed by atoms with van der Waals surface area (Å²) >= 11 is 0. The van der Waals surface area contributed by atoms with Crippen molar-refractivity contribution in [1.29, 1.82) is 0 Å². The third kappa shape index (κ3) is 4.63. The van der Waals surface area contributed by atoms with E-state index in [1.807, 2.05) is 0 Å². The molecule has 0 saturated carbocycles. The van der Waals surface area contributed by atoms with Gasteiger partial charge in [-0.15, -0.1) is 0 Å². The summed E-state index contributed by atoms with van der Waals surface area (Å²) < 4.78 is 5.91. The Labute approximate surface area is 124 Å². The van der Waals surface area contributed by atoms with E-state index >= 15 is 0 Å². The van der Waals surface area contributed by atoms with Gasteiger partial charge in [-0.05, 0) is 68.9 Å². The summed E-state index contributed by atoms with van der Waals surface area (Å²) in [6.45, 7) is 10.1. The molecule has 1 aromatic rings. The van der Waals surface area contributed by atoms with Gasteiger partial charge in [0.05, 0.1) is 6.10 Å². The second-order valence-corrected chi connectivity index (χ2v) is 6.93. The quantitative estimate of drug-likeness (QED) is 0.727. The molecule has 1 heteroatoms. The van der Waals surface area contributed by atoms with E-state index in [2.05, 4.69) is 45.9 Å². The van der Waals surface area contributed by atoms with E-state index in [4.69, 9.17) is 4.74 Å². The summed E-state index contributed by atoms with van der Waals surface area (Å²) in [5.74, 6) is 1.60. The second kappa shape index (κ2) is 7.26. The molecule has 20 heavy (non-hydrogen) atoms. The maximum Gasteiger partial charge on any atom is 0.0580 e. The van der Waals surface area contributed by atoms with E-state index in [0.717, 1.165) is 18.4 Å². The molecule has 1 aromatic carbocycles. The lowest BCUT2D eigenvalue weighted by molar-refractivity contribution is -0.0172. The molecule has 1 heterocycles. The summed E-state index contributed by atoms with van der Waals surface area (Å²) in [7, 11) is 0. The monoisotopic (exact) mass is 274 g/mol. The molecule has 1 saturated heterocycles. The number of ether oxygens (including phenoxy) is 1. The van der Waals surface area contributed by atoms with Crippen molar-refractivity contribution in [3.05, 3.63) is 34.9 Å². The number of rotatable bonds is 5. The fourth-order valence-electron chi connectivity index (χ4n) is 3.33. The van der Waals surface area contributed by atoms with E-state index in [0.29, 0.717) is 6.10 Å². The minimum Gasteiger partial charge on any atom is -0.378 e. The van der Waals surface area contributed by atoms with E-state index in [1.54, 1.807) is 0 Å². The molecule has 1 aliphatic heterocycles. The lowest BCUT2D eigenvalue weighted by atomic mass is 9.89. The highest BCUT2D eigenvalue weighted by atomic mass is 16.5. The Morgan fingerprint density at radius 1 is 1.30 bits per heavy atom. The largest absolute Gasteiger partial charge is 0.378 e. The van der Waals surface area contributed by atoms with Crippen LogP contribution in [0.4, 0.5) is 0 Å². The first-order chi connectivity index (χ1) is 9.54. The zero-order valence-electron chi connectivity index (χ0n) is 13.6. The van der Waals surface area contributed by atoms with Gasteiger partial charge >= 0.3 is 0 Å². The fraction of sp³-hybridized carbons (Fsp3) is 0.684. The van der Waals surface area contributed by atoms with Gasteiger partial charge in [0.15, 0.2) is 0 Å². The predicted octanol–water partition coefficient (Wildman–Crippen LogP) is 5.08. The fourth-order valence-corrected chi connectivity index (χ4v) is 3.33. The van der Waals surface area contributed by atoms with Gasteiger partial charge < -0.3 is 4.74 Å². The molecular weight excluding hydrogens is 244 g/mol. The molecule has 0 aliphatic carbocycles. The van der Waals surface area contributed by atoms with Crippen LogP contribution in [0.3, 0.4) is 0 Å². The third-order valence-electron chi connectivity index (χ3n) is 4.70. The minimum absolute atomic E-state index is 0.507. The van der Waals surface area contributed by atoms with Crippen LogP contribution in [-0.4, -0.2) is 12.7 Å². The lowest BCUT2D eigenvalue weighted by Gasteiger charge is -2.29. The second-order valence-electron chi connectivity index (χ2n) is 6.93. The molecule has 0 aromatic heterocycles. The lowest BCUT2D eigenvalue weighted by Crippen LogP contribution is -2.26. The van der Waals surface area contributed by atoms with Gasteiger partial charge in [-0.2, -0.15) is 0 Å². The standard InChI is InChI=1S/C19H30O/c1-14-5-7-18(17(4)11-14)8-6-15(2)12-19-13-16(3)9-10-20-19/h5,7,11,15-16,19H,6,8-10,12-13H2,1-4H3. The number of aryl methyl sites for hydroxylation is 3. The SMILES string of the molecule is Cc1ccc(CCC(C)CC2CC(C)CCO2)c(C)c1. The van der Waals surface area contributed by atoms with E-state index in [-0.39, 0.29) is 0 Å². The Balaban J connectivity index is 1.78. The zero-order chi connectivity index (χ0) is 14.5. The number of hydrogen-bond donors (Lipinski definition) is 0. The average Bonchev–Trinajstić information content (AvgIpc) is 2.37.